The normalized spacial score (nSPS) is 10.1. The highest BCUT2D eigenvalue weighted by Gasteiger charge is 1.99. The van der Waals surface area contributed by atoms with Crippen LogP contribution in [0.2, 0.25) is 5.15 Å². The Kier molecular flexibility index (Phi) is 2.32. The van der Waals surface area contributed by atoms with Crippen LogP contribution in [0.4, 0.5) is 11.6 Å². The first-order valence-corrected chi connectivity index (χ1v) is 4.36. The first kappa shape index (κ1) is 8.96. The van der Waals surface area contributed by atoms with Crippen molar-refractivity contribution in [3.8, 4) is 0 Å². The van der Waals surface area contributed by atoms with Crippen molar-refractivity contribution in [2.75, 3.05) is 5.32 Å². The lowest BCUT2D eigenvalue weighted by molar-refractivity contribution is 0.771. The number of aryl methyl sites for hydroxylation is 1. The van der Waals surface area contributed by atoms with Gasteiger partial charge in [-0.25, -0.2) is 9.97 Å². The Morgan fingerprint density at radius 1 is 1.36 bits per heavy atom. The highest BCUT2D eigenvalue weighted by atomic mass is 35.5. The van der Waals surface area contributed by atoms with Gasteiger partial charge < -0.3 is 5.32 Å². The molecule has 0 spiro atoms. The maximum Gasteiger partial charge on any atom is 0.153 e. The molecule has 0 saturated carbocycles. The van der Waals surface area contributed by atoms with Gasteiger partial charge in [0.2, 0.25) is 0 Å². The number of rotatable bonds is 2. The van der Waals surface area contributed by atoms with Crippen LogP contribution in [0.5, 0.6) is 0 Å². The predicted molar refractivity (Wildman–Crippen MR) is 53.5 cm³/mol. The van der Waals surface area contributed by atoms with Crippen molar-refractivity contribution >= 4 is 23.2 Å². The summed E-state index contributed by atoms with van der Waals surface area (Å²) in [6.07, 6.45) is 3.23. The van der Waals surface area contributed by atoms with E-state index in [0.29, 0.717) is 11.0 Å². The molecular weight excluding hydrogens is 202 g/mol. The summed E-state index contributed by atoms with van der Waals surface area (Å²) in [5.41, 5.74) is 0. The van der Waals surface area contributed by atoms with Gasteiger partial charge in [0.15, 0.2) is 5.82 Å². The molecule has 0 radical (unpaired) electrons. The lowest BCUT2D eigenvalue weighted by Crippen LogP contribution is -1.96. The average Bonchev–Trinajstić information content (AvgIpc) is 2.51. The van der Waals surface area contributed by atoms with Crippen LogP contribution in [0.3, 0.4) is 0 Å². The molecule has 1 N–H and O–H groups in total. The summed E-state index contributed by atoms with van der Waals surface area (Å²) in [7, 11) is 1.85. The lowest BCUT2D eigenvalue weighted by Gasteiger charge is -2.00. The summed E-state index contributed by atoms with van der Waals surface area (Å²) < 4.78 is 1.70. The van der Waals surface area contributed by atoms with E-state index in [1.807, 2.05) is 19.3 Å². The van der Waals surface area contributed by atoms with Crippen LogP contribution < -0.4 is 5.32 Å². The molecule has 72 valence electrons. The van der Waals surface area contributed by atoms with Crippen LogP contribution in [0.15, 0.2) is 24.7 Å². The van der Waals surface area contributed by atoms with Crippen molar-refractivity contribution in [1.82, 2.24) is 19.7 Å². The zero-order valence-corrected chi connectivity index (χ0v) is 8.23. The van der Waals surface area contributed by atoms with Crippen LogP contribution in [-0.2, 0) is 7.05 Å². The Balaban J connectivity index is 2.18. The van der Waals surface area contributed by atoms with Gasteiger partial charge in [-0.2, -0.15) is 5.10 Å². The van der Waals surface area contributed by atoms with Gasteiger partial charge in [0, 0.05) is 25.4 Å². The Hall–Kier alpha value is -1.62. The summed E-state index contributed by atoms with van der Waals surface area (Å²) in [4.78, 5) is 7.76. The molecule has 0 aliphatic heterocycles. The Morgan fingerprint density at radius 2 is 2.21 bits per heavy atom. The third-order valence-electron chi connectivity index (χ3n) is 1.60. The molecule has 2 aromatic heterocycles. The molecule has 5 nitrogen and oxygen atoms in total. The first-order chi connectivity index (χ1) is 6.74. The minimum absolute atomic E-state index is 0.401. The zero-order chi connectivity index (χ0) is 9.97. The van der Waals surface area contributed by atoms with E-state index in [0.717, 1.165) is 5.82 Å². The van der Waals surface area contributed by atoms with Gasteiger partial charge in [-0.3, -0.25) is 4.68 Å². The van der Waals surface area contributed by atoms with Crippen LogP contribution in [-0.4, -0.2) is 19.7 Å². The van der Waals surface area contributed by atoms with Crippen molar-refractivity contribution in [2.24, 2.45) is 7.05 Å². The fourth-order valence-corrected chi connectivity index (χ4v) is 1.16. The first-order valence-electron chi connectivity index (χ1n) is 3.98. The molecule has 0 unspecified atom stereocenters. The van der Waals surface area contributed by atoms with Crippen molar-refractivity contribution in [3.05, 3.63) is 29.8 Å². The van der Waals surface area contributed by atoms with Crippen molar-refractivity contribution in [3.63, 3.8) is 0 Å². The molecule has 14 heavy (non-hydrogen) atoms. The molecule has 0 bridgehead atoms. The highest BCUT2D eigenvalue weighted by molar-refractivity contribution is 6.29. The number of hydrogen-bond donors (Lipinski definition) is 1. The van der Waals surface area contributed by atoms with E-state index >= 15 is 0 Å². The molecule has 0 atom stereocenters. The topological polar surface area (TPSA) is 55.6 Å². The van der Waals surface area contributed by atoms with Gasteiger partial charge in [-0.15, -0.1) is 0 Å². The van der Waals surface area contributed by atoms with Crippen LogP contribution in [0.25, 0.3) is 0 Å². The van der Waals surface area contributed by atoms with Crippen LogP contribution in [0, 0.1) is 0 Å². The summed E-state index contributed by atoms with van der Waals surface area (Å²) in [6, 6.07) is 3.48. The quantitative estimate of drug-likeness (QED) is 0.764. The van der Waals surface area contributed by atoms with Crippen molar-refractivity contribution in [1.29, 1.82) is 0 Å². The van der Waals surface area contributed by atoms with Crippen molar-refractivity contribution in [2.45, 2.75) is 0 Å². The SMILES string of the molecule is Cn1ccc(Nc2cc(Cl)ncn2)n1. The number of aromatic nitrogens is 4. The Bertz CT molecular complexity index is 439. The van der Waals surface area contributed by atoms with Gasteiger partial charge >= 0.3 is 0 Å². The molecule has 0 amide bonds. The third-order valence-corrected chi connectivity index (χ3v) is 1.81. The number of halogens is 1. The van der Waals surface area contributed by atoms with E-state index in [9.17, 15) is 0 Å². The van der Waals surface area contributed by atoms with Gasteiger partial charge in [-0.05, 0) is 0 Å². The number of anilines is 2. The molecule has 2 aromatic rings. The second kappa shape index (κ2) is 3.63. The average molecular weight is 210 g/mol. The van der Waals surface area contributed by atoms with Gasteiger partial charge in [0.1, 0.15) is 17.3 Å². The molecule has 0 fully saturated rings. The van der Waals surface area contributed by atoms with E-state index in [2.05, 4.69) is 20.4 Å². The Labute approximate surface area is 85.8 Å². The van der Waals surface area contributed by atoms with E-state index < -0.39 is 0 Å². The van der Waals surface area contributed by atoms with E-state index in [-0.39, 0.29) is 0 Å². The molecule has 0 aliphatic carbocycles. The summed E-state index contributed by atoms with van der Waals surface area (Å²) >= 11 is 5.70. The minimum Gasteiger partial charge on any atom is -0.323 e. The van der Waals surface area contributed by atoms with Crippen LogP contribution in [0.1, 0.15) is 0 Å². The summed E-state index contributed by atoms with van der Waals surface area (Å²) in [6.45, 7) is 0. The van der Waals surface area contributed by atoms with Gasteiger partial charge in [0.25, 0.3) is 0 Å². The molecule has 2 rings (SSSR count). The standard InChI is InChI=1S/C8H8ClN5/c1-14-3-2-7(13-14)12-8-4-6(9)10-5-11-8/h2-5H,1H3,(H,10,11,12,13). The maximum atomic E-state index is 5.70. The molecule has 0 aromatic carbocycles. The summed E-state index contributed by atoms with van der Waals surface area (Å²) in [5.74, 6) is 1.35. The fourth-order valence-electron chi connectivity index (χ4n) is 1.01. The molecule has 0 saturated heterocycles. The van der Waals surface area contributed by atoms with E-state index in [1.165, 1.54) is 6.33 Å². The largest absolute Gasteiger partial charge is 0.323 e. The summed E-state index contributed by atoms with van der Waals surface area (Å²) in [5, 5.41) is 7.54. The zero-order valence-electron chi connectivity index (χ0n) is 7.48. The molecular formula is C8H8ClN5. The van der Waals surface area contributed by atoms with E-state index in [4.69, 9.17) is 11.6 Å². The predicted octanol–water partition coefficient (Wildman–Crippen LogP) is 1.61. The van der Waals surface area contributed by atoms with E-state index in [1.54, 1.807) is 10.7 Å². The lowest BCUT2D eigenvalue weighted by atomic mass is 10.5. The van der Waals surface area contributed by atoms with Crippen molar-refractivity contribution < 1.29 is 0 Å². The number of hydrogen-bond acceptors (Lipinski definition) is 4. The highest BCUT2D eigenvalue weighted by Crippen LogP contribution is 2.13. The number of nitrogens with zero attached hydrogens (tertiary/aromatic N) is 4. The second-order valence-electron chi connectivity index (χ2n) is 2.73. The molecule has 2 heterocycles. The van der Waals surface area contributed by atoms with Gasteiger partial charge in [-0.1, -0.05) is 11.6 Å². The molecule has 6 heteroatoms. The maximum absolute atomic E-state index is 5.70. The second-order valence-corrected chi connectivity index (χ2v) is 3.11. The van der Waals surface area contributed by atoms with Gasteiger partial charge in [0.05, 0.1) is 0 Å². The fraction of sp³-hybridized carbons (Fsp3) is 0.125. The Morgan fingerprint density at radius 3 is 2.86 bits per heavy atom. The molecule has 0 aliphatic rings. The van der Waals surface area contributed by atoms with Crippen LogP contribution >= 0.6 is 11.6 Å². The third kappa shape index (κ3) is 2.00. The monoisotopic (exact) mass is 209 g/mol. The number of nitrogens with one attached hydrogen (secondary N) is 1. The minimum atomic E-state index is 0.401. The smallest absolute Gasteiger partial charge is 0.153 e.